The van der Waals surface area contributed by atoms with Gasteiger partial charge in [-0.2, -0.15) is 0 Å². The lowest BCUT2D eigenvalue weighted by molar-refractivity contribution is -0.252. The smallest absolute Gasteiger partial charge is 0.467 e. The number of ether oxygens (including phenoxy) is 5. The maximum Gasteiger partial charge on any atom is 0.475 e. The number of benzene rings is 2. The number of phosphoric ester groups is 1. The number of rotatable bonds is 13. The van der Waals surface area contributed by atoms with Crippen LogP contribution in [0.25, 0.3) is 0 Å². The molecule has 0 saturated carbocycles. The average molecular weight is 609 g/mol. The molecule has 0 spiro atoms. The second-order valence-corrected chi connectivity index (χ2v) is 10.8. The molecule has 13 nitrogen and oxygen atoms in total. The van der Waals surface area contributed by atoms with Crippen LogP contribution in [0.3, 0.4) is 0 Å². The van der Waals surface area contributed by atoms with Crippen LogP contribution in [0.4, 0.5) is 0 Å². The van der Waals surface area contributed by atoms with Gasteiger partial charge in [0.05, 0.1) is 26.9 Å². The van der Waals surface area contributed by atoms with Crippen molar-refractivity contribution < 1.29 is 61.0 Å². The average Bonchev–Trinajstić information content (AvgIpc) is 2.96. The number of carbonyl (C=O) groups excluding carboxylic acids is 4. The highest BCUT2D eigenvalue weighted by molar-refractivity contribution is 7.48. The van der Waals surface area contributed by atoms with Crippen molar-refractivity contribution in [2.24, 2.45) is 0 Å². The van der Waals surface area contributed by atoms with Crippen LogP contribution in [0.2, 0.25) is 0 Å². The maximum absolute atomic E-state index is 13.8. The van der Waals surface area contributed by atoms with E-state index in [2.05, 4.69) is 0 Å². The molecule has 1 fully saturated rings. The molecule has 228 valence electrons. The minimum Gasteiger partial charge on any atom is -0.467 e. The van der Waals surface area contributed by atoms with Gasteiger partial charge in [0.15, 0.2) is 24.4 Å². The second kappa shape index (κ2) is 15.6. The summed E-state index contributed by atoms with van der Waals surface area (Å²) in [5.74, 6) is -3.46. The van der Waals surface area contributed by atoms with Crippen molar-refractivity contribution in [2.45, 2.75) is 64.5 Å². The first-order valence-corrected chi connectivity index (χ1v) is 14.3. The predicted octanol–water partition coefficient (Wildman–Crippen LogP) is 3.28. The van der Waals surface area contributed by atoms with E-state index in [1.165, 1.54) is 0 Å². The Morgan fingerprint density at radius 1 is 0.690 bits per heavy atom. The molecule has 0 aromatic heterocycles. The molecule has 2 unspecified atom stereocenters. The van der Waals surface area contributed by atoms with Gasteiger partial charge in [-0.1, -0.05) is 60.7 Å². The monoisotopic (exact) mass is 608 g/mol. The molecule has 1 heterocycles. The Labute approximate surface area is 242 Å². The number of hydrogen-bond donors (Lipinski definition) is 0. The Morgan fingerprint density at radius 3 is 1.60 bits per heavy atom. The van der Waals surface area contributed by atoms with Gasteiger partial charge in [0.1, 0.15) is 6.10 Å². The van der Waals surface area contributed by atoms with Crippen LogP contribution in [0.1, 0.15) is 31.9 Å². The van der Waals surface area contributed by atoms with Crippen molar-refractivity contribution >= 4 is 31.7 Å². The first kappa shape index (κ1) is 32.9. The summed E-state index contributed by atoms with van der Waals surface area (Å²) in [6.45, 7) is 2.33. The summed E-state index contributed by atoms with van der Waals surface area (Å²) in [4.78, 5) is 48.6. The molecular formula is C28H33O13P. The minimum atomic E-state index is -4.34. The lowest BCUT2D eigenvalue weighted by Crippen LogP contribution is -2.64. The SMILES string of the molecule is COC(=O)[C@@H]1OC(COP(=O)(OCc2ccccc2)OCc2ccccc2)[C@H](OC(C)=O)[C@H](OC(C)=O)C1OC(C)=O. The summed E-state index contributed by atoms with van der Waals surface area (Å²) in [6, 6.07) is 17.7. The quantitative estimate of drug-likeness (QED) is 0.185. The standard InChI is InChI=1S/C28H33O13P/c1-18(29)38-24-23(41-27(28(32)34-4)26(40-20(3)31)25(24)39-19(2)30)17-37-42(33,35-15-21-11-7-5-8-12-21)36-16-22-13-9-6-10-14-22/h5-14,23-27H,15-17H2,1-4H3/t23?,24-,25-,26?,27+/m0/s1. The van der Waals surface area contributed by atoms with E-state index >= 15 is 0 Å². The van der Waals surface area contributed by atoms with Crippen LogP contribution in [0, 0.1) is 0 Å². The van der Waals surface area contributed by atoms with E-state index in [4.69, 9.17) is 37.3 Å². The Morgan fingerprint density at radius 2 is 1.14 bits per heavy atom. The number of hydrogen-bond acceptors (Lipinski definition) is 13. The minimum absolute atomic E-state index is 0.138. The zero-order valence-corrected chi connectivity index (χ0v) is 24.4. The fraction of sp³-hybridized carbons (Fsp3) is 0.429. The summed E-state index contributed by atoms with van der Waals surface area (Å²) < 4.78 is 57.2. The molecule has 0 amide bonds. The number of carbonyl (C=O) groups is 4. The molecule has 2 aromatic rings. The third-order valence-corrected chi connectivity index (χ3v) is 7.19. The van der Waals surface area contributed by atoms with Crippen LogP contribution in [-0.4, -0.2) is 68.1 Å². The van der Waals surface area contributed by atoms with Gasteiger partial charge in [-0.25, -0.2) is 9.36 Å². The Balaban J connectivity index is 1.90. The van der Waals surface area contributed by atoms with Gasteiger partial charge in [-0.3, -0.25) is 28.0 Å². The lowest BCUT2D eigenvalue weighted by atomic mass is 9.94. The molecule has 0 N–H and O–H groups in total. The molecule has 3 rings (SSSR count). The van der Waals surface area contributed by atoms with Crippen molar-refractivity contribution in [3.63, 3.8) is 0 Å². The number of esters is 4. The Bertz CT molecular complexity index is 1210. The van der Waals surface area contributed by atoms with Crippen molar-refractivity contribution in [1.82, 2.24) is 0 Å². The Hall–Kier alpha value is -3.61. The van der Waals surface area contributed by atoms with Gasteiger partial charge in [0.25, 0.3) is 0 Å². The lowest BCUT2D eigenvalue weighted by Gasteiger charge is -2.43. The highest BCUT2D eigenvalue weighted by Gasteiger charge is 2.55. The van der Waals surface area contributed by atoms with Gasteiger partial charge < -0.3 is 23.7 Å². The summed E-state index contributed by atoms with van der Waals surface area (Å²) in [7, 11) is -3.27. The third kappa shape index (κ3) is 9.74. The van der Waals surface area contributed by atoms with Crippen LogP contribution in [-0.2, 0) is 74.2 Å². The van der Waals surface area contributed by atoms with Crippen LogP contribution >= 0.6 is 7.82 Å². The molecule has 0 radical (unpaired) electrons. The van der Waals surface area contributed by atoms with Gasteiger partial charge in [0.2, 0.25) is 0 Å². The van der Waals surface area contributed by atoms with Gasteiger partial charge in [-0.15, -0.1) is 0 Å². The fourth-order valence-corrected chi connectivity index (χ4v) is 5.23. The van der Waals surface area contributed by atoms with Crippen molar-refractivity contribution in [1.29, 1.82) is 0 Å². The molecule has 5 atom stereocenters. The van der Waals surface area contributed by atoms with E-state index in [-0.39, 0.29) is 13.2 Å². The van der Waals surface area contributed by atoms with Gasteiger partial charge in [-0.05, 0) is 11.1 Å². The zero-order chi connectivity index (χ0) is 30.7. The predicted molar refractivity (Wildman–Crippen MR) is 143 cm³/mol. The summed E-state index contributed by atoms with van der Waals surface area (Å²) >= 11 is 0. The van der Waals surface area contributed by atoms with Gasteiger partial charge in [0, 0.05) is 20.8 Å². The molecule has 14 heteroatoms. The van der Waals surface area contributed by atoms with Crippen LogP contribution < -0.4 is 0 Å². The highest BCUT2D eigenvalue weighted by Crippen LogP contribution is 2.51. The molecule has 42 heavy (non-hydrogen) atoms. The molecular weight excluding hydrogens is 575 g/mol. The highest BCUT2D eigenvalue weighted by atomic mass is 31.2. The summed E-state index contributed by atoms with van der Waals surface area (Å²) in [6.07, 6.45) is -7.54. The number of methoxy groups -OCH3 is 1. The van der Waals surface area contributed by atoms with Crippen molar-refractivity contribution in [3.05, 3.63) is 71.8 Å². The van der Waals surface area contributed by atoms with Crippen molar-refractivity contribution in [2.75, 3.05) is 13.7 Å². The fourth-order valence-electron chi connectivity index (χ4n) is 4.07. The zero-order valence-electron chi connectivity index (χ0n) is 23.5. The molecule has 2 aromatic carbocycles. The van der Waals surface area contributed by atoms with Crippen molar-refractivity contribution in [3.8, 4) is 0 Å². The van der Waals surface area contributed by atoms with E-state index < -0.39 is 68.8 Å². The first-order chi connectivity index (χ1) is 20.0. The molecule has 1 saturated heterocycles. The van der Waals surface area contributed by atoms with E-state index in [9.17, 15) is 23.7 Å². The normalized spacial score (nSPS) is 22.0. The first-order valence-electron chi connectivity index (χ1n) is 12.9. The van der Waals surface area contributed by atoms with Crippen LogP contribution in [0.5, 0.6) is 0 Å². The largest absolute Gasteiger partial charge is 0.475 e. The molecule has 1 aliphatic rings. The molecule has 1 aliphatic heterocycles. The van der Waals surface area contributed by atoms with Gasteiger partial charge >= 0.3 is 31.7 Å². The van der Waals surface area contributed by atoms with E-state index in [1.54, 1.807) is 60.7 Å². The Kier molecular flexibility index (Phi) is 12.2. The van der Waals surface area contributed by atoms with Crippen LogP contribution in [0.15, 0.2) is 60.7 Å². The van der Waals surface area contributed by atoms with E-state index in [0.717, 1.165) is 27.9 Å². The molecule has 0 aliphatic carbocycles. The summed E-state index contributed by atoms with van der Waals surface area (Å²) in [5.41, 5.74) is 1.36. The third-order valence-electron chi connectivity index (χ3n) is 5.83. The topological polar surface area (TPSA) is 159 Å². The second-order valence-electron chi connectivity index (χ2n) is 9.10. The number of phosphoric acid groups is 1. The maximum atomic E-state index is 13.8. The van der Waals surface area contributed by atoms with E-state index in [1.807, 2.05) is 0 Å². The summed E-state index contributed by atoms with van der Waals surface area (Å²) in [5, 5.41) is 0. The molecule has 0 bridgehead atoms. The van der Waals surface area contributed by atoms with E-state index in [0.29, 0.717) is 11.1 Å².